The molecule has 0 saturated carbocycles. The monoisotopic (exact) mass is 352 g/mol. The summed E-state index contributed by atoms with van der Waals surface area (Å²) in [4.78, 5) is 12.7. The Morgan fingerprint density at radius 3 is 1.96 bits per heavy atom. The molecule has 2 aromatic carbocycles. The summed E-state index contributed by atoms with van der Waals surface area (Å²) in [5, 5.41) is 0. The molecule has 0 saturated heterocycles. The third kappa shape index (κ3) is 3.76. The molecule has 0 aliphatic heterocycles. The molecule has 2 aromatic rings. The number of benzene rings is 2. The van der Waals surface area contributed by atoms with E-state index in [9.17, 15) is 17.6 Å². The second-order valence-corrected chi connectivity index (χ2v) is 9.44. The molecule has 6 heteroatoms. The first-order chi connectivity index (χ1) is 10.7. The Bertz CT molecular complexity index is 861. The fourth-order valence-corrected chi connectivity index (χ4v) is 5.67. The van der Waals surface area contributed by atoms with Crippen LogP contribution in [-0.4, -0.2) is 30.9 Å². The van der Waals surface area contributed by atoms with Crippen molar-refractivity contribution < 1.29 is 17.6 Å². The van der Waals surface area contributed by atoms with E-state index >= 15 is 0 Å². The van der Waals surface area contributed by atoms with Crippen LogP contribution in [0.2, 0.25) is 0 Å². The maximum atomic E-state index is 13.0. The van der Waals surface area contributed by atoms with E-state index in [0.29, 0.717) is 0 Å². The predicted octanol–water partition coefficient (Wildman–Crippen LogP) is 3.45. The zero-order valence-electron chi connectivity index (χ0n) is 13.0. The van der Waals surface area contributed by atoms with E-state index in [-0.39, 0.29) is 14.7 Å². The lowest BCUT2D eigenvalue weighted by atomic mass is 10.1. The largest absolute Gasteiger partial charge is 0.287 e. The van der Waals surface area contributed by atoms with Gasteiger partial charge in [-0.25, -0.2) is 12.8 Å². The standard InChI is InChI=1S/C17H17FO3S2/c1-12-4-10-15(11-5-12)23(20,21)17(22(2)3)16(19)13-6-8-14(18)9-7-13/h4-11H,1-3H3. The molecule has 0 bridgehead atoms. The fraction of sp³-hybridized carbons (Fsp3) is 0.176. The summed E-state index contributed by atoms with van der Waals surface area (Å²) in [6, 6.07) is 11.3. The molecule has 23 heavy (non-hydrogen) atoms. The number of hydrogen-bond acceptors (Lipinski definition) is 3. The summed E-state index contributed by atoms with van der Waals surface area (Å²) in [7, 11) is -4.67. The Balaban J connectivity index is 2.55. The van der Waals surface area contributed by atoms with Gasteiger partial charge in [-0.3, -0.25) is 4.79 Å². The van der Waals surface area contributed by atoms with Crippen LogP contribution in [0.4, 0.5) is 4.39 Å². The van der Waals surface area contributed by atoms with Gasteiger partial charge in [-0.15, -0.1) is 0 Å². The van der Waals surface area contributed by atoms with Crippen LogP contribution in [0.25, 0.3) is 0 Å². The molecule has 0 aliphatic rings. The number of ketones is 1. The molecule has 0 atom stereocenters. The lowest BCUT2D eigenvalue weighted by Crippen LogP contribution is -2.25. The fourth-order valence-electron chi connectivity index (χ4n) is 2.07. The van der Waals surface area contributed by atoms with Crippen LogP contribution in [0.15, 0.2) is 53.4 Å². The van der Waals surface area contributed by atoms with Gasteiger partial charge in [-0.05, 0) is 55.8 Å². The summed E-state index contributed by atoms with van der Waals surface area (Å²) in [6.45, 7) is 1.86. The average Bonchev–Trinajstić information content (AvgIpc) is 2.47. The predicted molar refractivity (Wildman–Crippen MR) is 93.5 cm³/mol. The van der Waals surface area contributed by atoms with Crippen LogP contribution < -0.4 is 0 Å². The minimum absolute atomic E-state index is 0.0924. The summed E-state index contributed by atoms with van der Waals surface area (Å²) in [5.74, 6) is -1.06. The minimum Gasteiger partial charge on any atom is -0.287 e. The van der Waals surface area contributed by atoms with Gasteiger partial charge in [0.1, 0.15) is 10.0 Å². The van der Waals surface area contributed by atoms with Crippen LogP contribution in [0, 0.1) is 12.7 Å². The average molecular weight is 352 g/mol. The highest BCUT2D eigenvalue weighted by atomic mass is 32.2. The van der Waals surface area contributed by atoms with Crippen molar-refractivity contribution in [3.05, 3.63) is 65.5 Å². The van der Waals surface area contributed by atoms with E-state index in [1.54, 1.807) is 24.6 Å². The van der Waals surface area contributed by atoms with Gasteiger partial charge >= 0.3 is 0 Å². The summed E-state index contributed by atoms with van der Waals surface area (Å²) >= 11 is 0. The number of hydrogen-bond donors (Lipinski definition) is 0. The number of halogens is 1. The quantitative estimate of drug-likeness (QED) is 0.628. The Morgan fingerprint density at radius 2 is 1.48 bits per heavy atom. The van der Waals surface area contributed by atoms with Gasteiger partial charge in [0.25, 0.3) is 0 Å². The highest BCUT2D eigenvalue weighted by Crippen LogP contribution is 2.22. The van der Waals surface area contributed by atoms with E-state index in [4.69, 9.17) is 0 Å². The van der Waals surface area contributed by atoms with Gasteiger partial charge in [-0.1, -0.05) is 17.7 Å². The maximum Gasteiger partial charge on any atom is 0.215 e. The van der Waals surface area contributed by atoms with Crippen molar-refractivity contribution in [1.29, 1.82) is 0 Å². The highest BCUT2D eigenvalue weighted by molar-refractivity contribution is 8.32. The number of sulfone groups is 1. The summed E-state index contributed by atoms with van der Waals surface area (Å²) in [6.07, 6.45) is 3.37. The van der Waals surface area contributed by atoms with Gasteiger partial charge in [0.15, 0.2) is 0 Å². The Hall–Kier alpha value is -1.79. The van der Waals surface area contributed by atoms with Crippen molar-refractivity contribution in [2.75, 3.05) is 12.5 Å². The van der Waals surface area contributed by atoms with E-state index < -0.39 is 31.9 Å². The van der Waals surface area contributed by atoms with E-state index in [0.717, 1.165) is 17.7 Å². The second-order valence-electron chi connectivity index (χ2n) is 5.26. The molecule has 2 rings (SSSR count). The van der Waals surface area contributed by atoms with Crippen molar-refractivity contribution in [3.63, 3.8) is 0 Å². The Kier molecular flexibility index (Phi) is 5.16. The first-order valence-electron chi connectivity index (χ1n) is 6.80. The van der Waals surface area contributed by atoms with Gasteiger partial charge in [0.2, 0.25) is 15.6 Å². The van der Waals surface area contributed by atoms with Crippen LogP contribution in [0.1, 0.15) is 15.9 Å². The van der Waals surface area contributed by atoms with E-state index in [2.05, 4.69) is 0 Å². The van der Waals surface area contributed by atoms with Crippen LogP contribution in [-0.2, 0) is 9.84 Å². The smallest absolute Gasteiger partial charge is 0.215 e. The normalized spacial score (nSPS) is 11.5. The van der Waals surface area contributed by atoms with Crippen LogP contribution >= 0.6 is 10.5 Å². The zero-order valence-corrected chi connectivity index (χ0v) is 14.7. The summed E-state index contributed by atoms with van der Waals surface area (Å²) < 4.78 is 38.5. The molecule has 0 amide bonds. The first-order valence-corrected chi connectivity index (χ1v) is 10.3. The molecular formula is C17H17FO3S2. The Morgan fingerprint density at radius 1 is 0.957 bits per heavy atom. The maximum absolute atomic E-state index is 13.0. The van der Waals surface area contributed by atoms with Crippen molar-refractivity contribution in [2.45, 2.75) is 11.8 Å². The number of rotatable bonds is 3. The van der Waals surface area contributed by atoms with Crippen molar-refractivity contribution in [3.8, 4) is 0 Å². The summed E-state index contributed by atoms with van der Waals surface area (Å²) in [5.41, 5.74) is 1.10. The van der Waals surface area contributed by atoms with Crippen molar-refractivity contribution in [2.24, 2.45) is 0 Å². The van der Waals surface area contributed by atoms with Crippen molar-refractivity contribution >= 4 is 30.3 Å². The lowest BCUT2D eigenvalue weighted by molar-refractivity contribution is 0.107. The topological polar surface area (TPSA) is 51.2 Å². The van der Waals surface area contributed by atoms with Gasteiger partial charge in [-0.2, -0.15) is 10.5 Å². The molecular weight excluding hydrogens is 335 g/mol. The van der Waals surface area contributed by atoms with Gasteiger partial charge in [0.05, 0.1) is 4.90 Å². The van der Waals surface area contributed by atoms with E-state index in [1.807, 2.05) is 6.92 Å². The van der Waals surface area contributed by atoms with Crippen molar-refractivity contribution in [1.82, 2.24) is 0 Å². The number of aryl methyl sites for hydroxylation is 1. The molecule has 122 valence electrons. The third-order valence-electron chi connectivity index (χ3n) is 3.24. The molecule has 0 unspecified atom stereocenters. The number of carbonyl (C=O) groups excluding carboxylic acids is 1. The molecule has 0 fully saturated rings. The SMILES string of the molecule is Cc1ccc(S(=O)(=O)C(C(=O)c2ccc(F)cc2)=S(C)C)cc1. The third-order valence-corrected chi connectivity index (χ3v) is 7.39. The van der Waals surface area contributed by atoms with Gasteiger partial charge in [0, 0.05) is 5.56 Å². The molecule has 0 N–H and O–H groups in total. The molecule has 0 aliphatic carbocycles. The Labute approximate surface area is 138 Å². The molecule has 3 nitrogen and oxygen atoms in total. The lowest BCUT2D eigenvalue weighted by Gasteiger charge is -2.11. The molecule has 0 spiro atoms. The first kappa shape index (κ1) is 17.6. The van der Waals surface area contributed by atoms with E-state index in [1.165, 1.54) is 24.3 Å². The van der Waals surface area contributed by atoms with Crippen LogP contribution in [0.5, 0.6) is 0 Å². The number of Topliss-reactive ketones (excluding diaryl/α,β-unsaturated/α-hetero) is 1. The second kappa shape index (κ2) is 6.76. The molecule has 0 heterocycles. The minimum atomic E-state index is -3.89. The number of carbonyl (C=O) groups is 1. The molecule has 0 aromatic heterocycles. The highest BCUT2D eigenvalue weighted by Gasteiger charge is 2.29. The van der Waals surface area contributed by atoms with Gasteiger partial charge < -0.3 is 0 Å². The zero-order chi connectivity index (χ0) is 17.2. The molecule has 0 radical (unpaired) electrons. The van der Waals surface area contributed by atoms with Crippen LogP contribution in [0.3, 0.4) is 0 Å².